The highest BCUT2D eigenvalue weighted by Gasteiger charge is 2.22. The van der Waals surface area contributed by atoms with Crippen molar-refractivity contribution in [3.8, 4) is 5.75 Å². The van der Waals surface area contributed by atoms with Gasteiger partial charge in [-0.05, 0) is 51.7 Å². The van der Waals surface area contributed by atoms with Crippen LogP contribution in [0, 0.1) is 0 Å². The van der Waals surface area contributed by atoms with Gasteiger partial charge in [-0.3, -0.25) is 0 Å². The lowest BCUT2D eigenvalue weighted by atomic mass is 10.0. The molecule has 20 heavy (non-hydrogen) atoms. The summed E-state index contributed by atoms with van der Waals surface area (Å²) < 4.78 is 6.57. The van der Waals surface area contributed by atoms with E-state index in [0.717, 1.165) is 27.8 Å². The fourth-order valence-electron chi connectivity index (χ4n) is 2.50. The second kappa shape index (κ2) is 5.59. The molecule has 2 aromatic carbocycles. The molecule has 0 aliphatic carbocycles. The third-order valence-electron chi connectivity index (χ3n) is 3.47. The molecule has 0 bridgehead atoms. The Kier molecular flexibility index (Phi) is 3.98. The molecule has 1 aliphatic rings. The summed E-state index contributed by atoms with van der Waals surface area (Å²) >= 11 is 16.4. The van der Waals surface area contributed by atoms with Gasteiger partial charge < -0.3 is 4.74 Å². The molecule has 2 atom stereocenters. The molecule has 0 N–H and O–H groups in total. The number of alkyl halides is 1. The van der Waals surface area contributed by atoms with Crippen LogP contribution in [0.1, 0.15) is 29.0 Å². The van der Waals surface area contributed by atoms with Crippen LogP contribution in [0.15, 0.2) is 40.9 Å². The highest BCUT2D eigenvalue weighted by Crippen LogP contribution is 2.39. The summed E-state index contributed by atoms with van der Waals surface area (Å²) in [5.41, 5.74) is 3.17. The average molecular weight is 372 g/mol. The van der Waals surface area contributed by atoms with E-state index in [-0.39, 0.29) is 11.5 Å². The third-order valence-corrected chi connectivity index (χ3v) is 5.27. The van der Waals surface area contributed by atoms with Gasteiger partial charge in [-0.15, -0.1) is 11.6 Å². The molecule has 0 saturated carbocycles. The second-order valence-electron chi connectivity index (χ2n) is 5.01. The zero-order valence-electron chi connectivity index (χ0n) is 10.9. The number of ether oxygens (including phenoxy) is 1. The summed E-state index contributed by atoms with van der Waals surface area (Å²) in [4.78, 5) is 0. The maximum absolute atomic E-state index is 6.60. The lowest BCUT2D eigenvalue weighted by Crippen LogP contribution is -2.05. The number of benzene rings is 2. The number of halogens is 3. The van der Waals surface area contributed by atoms with Gasteiger partial charge in [0, 0.05) is 10.9 Å². The summed E-state index contributed by atoms with van der Waals surface area (Å²) in [5.74, 6) is 0.963. The zero-order chi connectivity index (χ0) is 14.3. The summed E-state index contributed by atoms with van der Waals surface area (Å²) in [6.45, 7) is 2.07. The van der Waals surface area contributed by atoms with Gasteiger partial charge in [0.05, 0.1) is 10.4 Å². The minimum atomic E-state index is -0.263. The van der Waals surface area contributed by atoms with Crippen LogP contribution in [0.25, 0.3) is 0 Å². The van der Waals surface area contributed by atoms with E-state index in [2.05, 4.69) is 28.9 Å². The van der Waals surface area contributed by atoms with Crippen molar-refractivity contribution in [3.63, 3.8) is 0 Å². The Hall–Kier alpha value is -0.700. The zero-order valence-corrected chi connectivity index (χ0v) is 14.0. The normalized spacial score (nSPS) is 18.5. The molecule has 0 fully saturated rings. The molecule has 2 aromatic rings. The van der Waals surface area contributed by atoms with E-state index in [0.29, 0.717) is 5.02 Å². The summed E-state index contributed by atoms with van der Waals surface area (Å²) in [7, 11) is 0. The van der Waals surface area contributed by atoms with E-state index >= 15 is 0 Å². The molecular weight excluding hydrogens is 359 g/mol. The lowest BCUT2D eigenvalue weighted by Gasteiger charge is -2.14. The summed E-state index contributed by atoms with van der Waals surface area (Å²) in [6.07, 6.45) is 1.17. The van der Waals surface area contributed by atoms with Crippen LogP contribution in [0.5, 0.6) is 5.75 Å². The topological polar surface area (TPSA) is 9.23 Å². The predicted octanol–water partition coefficient (Wildman–Crippen LogP) is 5.75. The van der Waals surface area contributed by atoms with Crippen molar-refractivity contribution in [1.29, 1.82) is 0 Å². The van der Waals surface area contributed by atoms with Crippen LogP contribution in [0.2, 0.25) is 5.02 Å². The van der Waals surface area contributed by atoms with Crippen molar-refractivity contribution < 1.29 is 4.74 Å². The van der Waals surface area contributed by atoms with Crippen molar-refractivity contribution in [2.75, 3.05) is 0 Å². The minimum Gasteiger partial charge on any atom is -0.490 e. The van der Waals surface area contributed by atoms with Crippen molar-refractivity contribution in [1.82, 2.24) is 0 Å². The smallest absolute Gasteiger partial charge is 0.123 e. The highest BCUT2D eigenvalue weighted by molar-refractivity contribution is 9.10. The van der Waals surface area contributed by atoms with Crippen LogP contribution in [-0.2, 0) is 6.42 Å². The number of hydrogen-bond donors (Lipinski definition) is 0. The van der Waals surface area contributed by atoms with E-state index in [9.17, 15) is 0 Å². The van der Waals surface area contributed by atoms with Gasteiger partial charge in [0.25, 0.3) is 0 Å². The maximum atomic E-state index is 6.60. The SMILES string of the molecule is CC1Cc2cc(C(Cl)c3cccc(Br)c3Cl)ccc2O1. The molecular formula is C16H13BrCl2O. The number of hydrogen-bond acceptors (Lipinski definition) is 1. The highest BCUT2D eigenvalue weighted by atomic mass is 79.9. The van der Waals surface area contributed by atoms with Crippen molar-refractivity contribution in [2.45, 2.75) is 24.8 Å². The first-order valence-corrected chi connectivity index (χ1v) is 8.04. The van der Waals surface area contributed by atoms with Crippen LogP contribution in [0.3, 0.4) is 0 Å². The number of rotatable bonds is 2. The summed E-state index contributed by atoms with van der Waals surface area (Å²) in [5, 5.41) is 0.402. The van der Waals surface area contributed by atoms with Crippen molar-refractivity contribution in [3.05, 3.63) is 62.6 Å². The molecule has 0 radical (unpaired) electrons. The molecule has 1 aliphatic heterocycles. The number of fused-ring (bicyclic) bond motifs is 1. The lowest BCUT2D eigenvalue weighted by molar-refractivity contribution is 0.254. The Bertz CT molecular complexity index is 657. The molecule has 0 spiro atoms. The fourth-order valence-corrected chi connectivity index (χ4v) is 3.49. The molecule has 104 valence electrons. The van der Waals surface area contributed by atoms with E-state index in [4.69, 9.17) is 27.9 Å². The maximum Gasteiger partial charge on any atom is 0.123 e. The third kappa shape index (κ3) is 2.57. The van der Waals surface area contributed by atoms with Crippen LogP contribution in [0.4, 0.5) is 0 Å². The van der Waals surface area contributed by atoms with E-state index < -0.39 is 0 Å². The molecule has 0 saturated heterocycles. The van der Waals surface area contributed by atoms with Gasteiger partial charge >= 0.3 is 0 Å². The average Bonchev–Trinajstić information content (AvgIpc) is 2.80. The van der Waals surface area contributed by atoms with Crippen LogP contribution in [-0.4, -0.2) is 6.10 Å². The Balaban J connectivity index is 1.97. The van der Waals surface area contributed by atoms with E-state index in [1.54, 1.807) is 0 Å². The van der Waals surface area contributed by atoms with Crippen molar-refractivity contribution >= 4 is 39.1 Å². The Morgan fingerprint density at radius 2 is 2.10 bits per heavy atom. The molecule has 2 unspecified atom stereocenters. The first kappa shape index (κ1) is 14.2. The second-order valence-corrected chi connectivity index (χ2v) is 6.67. The molecule has 3 rings (SSSR count). The van der Waals surface area contributed by atoms with Gasteiger partial charge in [-0.25, -0.2) is 0 Å². The summed E-state index contributed by atoms with van der Waals surface area (Å²) in [6, 6.07) is 11.9. The van der Waals surface area contributed by atoms with Gasteiger partial charge in [0.2, 0.25) is 0 Å². The van der Waals surface area contributed by atoms with E-state index in [1.165, 1.54) is 5.56 Å². The van der Waals surface area contributed by atoms with Gasteiger partial charge in [-0.2, -0.15) is 0 Å². The molecule has 4 heteroatoms. The van der Waals surface area contributed by atoms with Gasteiger partial charge in [0.15, 0.2) is 0 Å². The predicted molar refractivity (Wildman–Crippen MR) is 87.1 cm³/mol. The molecule has 0 aromatic heterocycles. The van der Waals surface area contributed by atoms with Crippen LogP contribution >= 0.6 is 39.1 Å². The standard InChI is InChI=1S/C16H13BrCl2O/c1-9-7-11-8-10(5-6-14(11)20-9)15(18)12-3-2-4-13(17)16(12)19/h2-6,8-9,15H,7H2,1H3. The Morgan fingerprint density at radius 1 is 1.30 bits per heavy atom. The fraction of sp³-hybridized carbons (Fsp3) is 0.250. The first-order valence-electron chi connectivity index (χ1n) is 6.43. The molecule has 1 nitrogen and oxygen atoms in total. The van der Waals surface area contributed by atoms with Gasteiger partial charge in [0.1, 0.15) is 11.9 Å². The Morgan fingerprint density at radius 3 is 2.90 bits per heavy atom. The van der Waals surface area contributed by atoms with Gasteiger partial charge in [-0.1, -0.05) is 35.9 Å². The Labute approximate surface area is 137 Å². The largest absolute Gasteiger partial charge is 0.490 e. The first-order chi connectivity index (χ1) is 9.56. The minimum absolute atomic E-state index is 0.239. The molecule has 1 heterocycles. The van der Waals surface area contributed by atoms with Crippen LogP contribution < -0.4 is 4.74 Å². The van der Waals surface area contributed by atoms with Crippen molar-refractivity contribution in [2.24, 2.45) is 0 Å². The molecule has 0 amide bonds. The quantitative estimate of drug-likeness (QED) is 0.610. The van der Waals surface area contributed by atoms with E-state index in [1.807, 2.05) is 30.3 Å². The monoisotopic (exact) mass is 370 g/mol.